The Morgan fingerprint density at radius 3 is 2.41 bits per heavy atom. The zero-order valence-corrected chi connectivity index (χ0v) is 9.01. The molecule has 1 aliphatic carbocycles. The second kappa shape index (κ2) is 4.36. The minimum atomic E-state index is -1.11. The third-order valence-corrected chi connectivity index (χ3v) is 2.79. The molecule has 2 rings (SSSR count). The molecule has 90 valence electrons. The lowest BCUT2D eigenvalue weighted by Crippen LogP contribution is -2.60. The van der Waals surface area contributed by atoms with Crippen LogP contribution in [0.25, 0.3) is 0 Å². The lowest BCUT2D eigenvalue weighted by atomic mass is 9.77. The minimum absolute atomic E-state index is 0.421. The van der Waals surface area contributed by atoms with Gasteiger partial charge in [0.15, 0.2) is 0 Å². The Morgan fingerprint density at radius 2 is 1.94 bits per heavy atom. The number of hydrogen-bond acceptors (Lipinski definition) is 4. The first kappa shape index (κ1) is 11.3. The highest BCUT2D eigenvalue weighted by atomic mass is 16.4. The standard InChI is InChI=1S/C10H12N4O3/c15-8(16)10(2-1-3-10)14-9(17)13-7-4-11-6-12-5-7/h4-6H,1-3H2,(H,15,16)(H2,13,14,17). The van der Waals surface area contributed by atoms with Crippen LogP contribution in [0.5, 0.6) is 0 Å². The largest absolute Gasteiger partial charge is 0.480 e. The summed E-state index contributed by atoms with van der Waals surface area (Å²) in [6, 6.07) is -0.554. The highest BCUT2D eigenvalue weighted by molar-refractivity contribution is 5.94. The molecule has 0 aliphatic heterocycles. The number of carboxylic acids is 1. The summed E-state index contributed by atoms with van der Waals surface area (Å²) in [5, 5.41) is 14.0. The Morgan fingerprint density at radius 1 is 1.29 bits per heavy atom. The minimum Gasteiger partial charge on any atom is -0.480 e. The number of urea groups is 1. The van der Waals surface area contributed by atoms with Gasteiger partial charge in [0, 0.05) is 0 Å². The maximum absolute atomic E-state index is 11.6. The monoisotopic (exact) mass is 236 g/mol. The van der Waals surface area contributed by atoms with Crippen molar-refractivity contribution >= 4 is 17.7 Å². The number of anilines is 1. The first-order valence-corrected chi connectivity index (χ1v) is 5.20. The van der Waals surface area contributed by atoms with E-state index in [1.165, 1.54) is 18.7 Å². The number of nitrogens with zero attached hydrogens (tertiary/aromatic N) is 2. The Labute approximate surface area is 97.3 Å². The van der Waals surface area contributed by atoms with Crippen molar-refractivity contribution in [1.82, 2.24) is 15.3 Å². The third-order valence-electron chi connectivity index (χ3n) is 2.79. The van der Waals surface area contributed by atoms with Crippen LogP contribution < -0.4 is 10.6 Å². The molecule has 1 aliphatic rings. The highest BCUT2D eigenvalue weighted by Gasteiger charge is 2.45. The zero-order chi connectivity index (χ0) is 12.3. The SMILES string of the molecule is O=C(Nc1cncnc1)NC1(C(=O)O)CCC1. The van der Waals surface area contributed by atoms with Gasteiger partial charge in [-0.2, -0.15) is 0 Å². The van der Waals surface area contributed by atoms with Gasteiger partial charge in [-0.3, -0.25) is 0 Å². The van der Waals surface area contributed by atoms with Crippen LogP contribution in [0.1, 0.15) is 19.3 Å². The van der Waals surface area contributed by atoms with Crippen LogP contribution in [-0.2, 0) is 4.79 Å². The van der Waals surface area contributed by atoms with Gasteiger partial charge in [-0.15, -0.1) is 0 Å². The average Bonchev–Trinajstić information content (AvgIpc) is 2.24. The van der Waals surface area contributed by atoms with Gasteiger partial charge in [-0.25, -0.2) is 19.6 Å². The summed E-state index contributed by atoms with van der Waals surface area (Å²) >= 11 is 0. The number of rotatable bonds is 3. The van der Waals surface area contributed by atoms with E-state index in [4.69, 9.17) is 5.11 Å². The second-order valence-corrected chi connectivity index (χ2v) is 3.95. The molecule has 0 aromatic carbocycles. The maximum Gasteiger partial charge on any atom is 0.329 e. The molecule has 0 radical (unpaired) electrons. The van der Waals surface area contributed by atoms with E-state index >= 15 is 0 Å². The number of aliphatic carboxylic acids is 1. The summed E-state index contributed by atoms with van der Waals surface area (Å²) in [7, 11) is 0. The molecular weight excluding hydrogens is 224 g/mol. The summed E-state index contributed by atoms with van der Waals surface area (Å²) in [5.41, 5.74) is -0.690. The van der Waals surface area contributed by atoms with Crippen LogP contribution in [0, 0.1) is 0 Å². The number of hydrogen-bond donors (Lipinski definition) is 3. The molecule has 0 saturated heterocycles. The number of carbonyl (C=O) groups excluding carboxylic acids is 1. The first-order chi connectivity index (χ1) is 8.12. The van der Waals surface area contributed by atoms with E-state index in [2.05, 4.69) is 20.6 Å². The van der Waals surface area contributed by atoms with Crippen molar-refractivity contribution in [1.29, 1.82) is 0 Å². The Hall–Kier alpha value is -2.18. The maximum atomic E-state index is 11.6. The van der Waals surface area contributed by atoms with Crippen LogP contribution >= 0.6 is 0 Å². The second-order valence-electron chi connectivity index (χ2n) is 3.95. The van der Waals surface area contributed by atoms with Gasteiger partial charge >= 0.3 is 12.0 Å². The normalized spacial score (nSPS) is 16.7. The molecule has 1 saturated carbocycles. The summed E-state index contributed by atoms with van der Waals surface area (Å²) in [5.74, 6) is -0.997. The van der Waals surface area contributed by atoms with Crippen molar-refractivity contribution in [2.75, 3.05) is 5.32 Å². The van der Waals surface area contributed by atoms with E-state index in [0.29, 0.717) is 18.5 Å². The molecule has 1 fully saturated rings. The van der Waals surface area contributed by atoms with Gasteiger partial charge in [-0.1, -0.05) is 0 Å². The van der Waals surface area contributed by atoms with Crippen molar-refractivity contribution in [3.8, 4) is 0 Å². The fourth-order valence-electron chi connectivity index (χ4n) is 1.67. The quantitative estimate of drug-likeness (QED) is 0.713. The summed E-state index contributed by atoms with van der Waals surface area (Å²) in [6.45, 7) is 0. The molecule has 0 unspecified atom stereocenters. The molecule has 2 amide bonds. The Bertz CT molecular complexity index is 430. The molecular formula is C10H12N4O3. The molecule has 7 heteroatoms. The number of aromatic nitrogens is 2. The molecule has 0 atom stereocenters. The topological polar surface area (TPSA) is 104 Å². The van der Waals surface area contributed by atoms with Gasteiger partial charge < -0.3 is 15.7 Å². The average molecular weight is 236 g/mol. The van der Waals surface area contributed by atoms with Crippen LogP contribution in [-0.4, -0.2) is 32.6 Å². The predicted molar refractivity (Wildman–Crippen MR) is 58.4 cm³/mol. The molecule has 7 nitrogen and oxygen atoms in total. The number of carboxylic acid groups (broad SMARTS) is 1. The lowest BCUT2D eigenvalue weighted by Gasteiger charge is -2.38. The van der Waals surface area contributed by atoms with Gasteiger partial charge in [0.05, 0.1) is 18.1 Å². The Kier molecular flexibility index (Phi) is 2.90. The van der Waals surface area contributed by atoms with Crippen LogP contribution in [0.15, 0.2) is 18.7 Å². The van der Waals surface area contributed by atoms with Gasteiger partial charge in [0.1, 0.15) is 11.9 Å². The summed E-state index contributed by atoms with van der Waals surface area (Å²) < 4.78 is 0. The van der Waals surface area contributed by atoms with Gasteiger partial charge in [-0.05, 0) is 19.3 Å². The number of amides is 2. The number of carbonyl (C=O) groups is 2. The summed E-state index contributed by atoms with van der Waals surface area (Å²) in [6.07, 6.45) is 5.93. The summed E-state index contributed by atoms with van der Waals surface area (Å²) in [4.78, 5) is 30.1. The van der Waals surface area contributed by atoms with Crippen molar-refractivity contribution in [3.05, 3.63) is 18.7 Å². The smallest absolute Gasteiger partial charge is 0.329 e. The van der Waals surface area contributed by atoms with Gasteiger partial charge in [0.2, 0.25) is 0 Å². The molecule has 17 heavy (non-hydrogen) atoms. The lowest BCUT2D eigenvalue weighted by molar-refractivity contribution is -0.148. The van der Waals surface area contributed by atoms with Crippen molar-refractivity contribution in [2.24, 2.45) is 0 Å². The molecule has 1 aromatic rings. The van der Waals surface area contributed by atoms with Crippen molar-refractivity contribution in [3.63, 3.8) is 0 Å². The third kappa shape index (κ3) is 2.32. The Balaban J connectivity index is 1.96. The van der Waals surface area contributed by atoms with Crippen LogP contribution in [0.4, 0.5) is 10.5 Å². The van der Waals surface area contributed by atoms with Crippen LogP contribution in [0.3, 0.4) is 0 Å². The van der Waals surface area contributed by atoms with E-state index in [1.807, 2.05) is 0 Å². The van der Waals surface area contributed by atoms with Gasteiger partial charge in [0.25, 0.3) is 0 Å². The van der Waals surface area contributed by atoms with E-state index < -0.39 is 17.5 Å². The molecule has 0 bridgehead atoms. The van der Waals surface area contributed by atoms with Crippen LogP contribution in [0.2, 0.25) is 0 Å². The molecule has 0 spiro atoms. The van der Waals surface area contributed by atoms with E-state index in [9.17, 15) is 9.59 Å². The molecule has 3 N–H and O–H groups in total. The fraction of sp³-hybridized carbons (Fsp3) is 0.400. The van der Waals surface area contributed by atoms with Crippen molar-refractivity contribution < 1.29 is 14.7 Å². The van der Waals surface area contributed by atoms with E-state index in [0.717, 1.165) is 6.42 Å². The molecule has 1 aromatic heterocycles. The number of nitrogens with one attached hydrogen (secondary N) is 2. The predicted octanol–water partition coefficient (Wildman–Crippen LogP) is 0.605. The van der Waals surface area contributed by atoms with E-state index in [-0.39, 0.29) is 0 Å². The first-order valence-electron chi connectivity index (χ1n) is 5.20. The van der Waals surface area contributed by atoms with E-state index in [1.54, 1.807) is 0 Å². The molecule has 1 heterocycles. The fourth-order valence-corrected chi connectivity index (χ4v) is 1.67. The zero-order valence-electron chi connectivity index (χ0n) is 9.01. The highest BCUT2D eigenvalue weighted by Crippen LogP contribution is 2.32. The van der Waals surface area contributed by atoms with Crippen molar-refractivity contribution in [2.45, 2.75) is 24.8 Å².